The highest BCUT2D eigenvalue weighted by Crippen LogP contribution is 2.26. The van der Waals surface area contributed by atoms with Gasteiger partial charge in [0.2, 0.25) is 0 Å². The zero-order chi connectivity index (χ0) is 18.4. The summed E-state index contributed by atoms with van der Waals surface area (Å²) in [4.78, 5) is 27.7. The molecule has 0 spiro atoms. The van der Waals surface area contributed by atoms with Crippen LogP contribution >= 0.6 is 0 Å². The quantitative estimate of drug-likeness (QED) is 0.613. The Bertz CT molecular complexity index is 748. The first kappa shape index (κ1) is 18.6. The van der Waals surface area contributed by atoms with Gasteiger partial charge < -0.3 is 9.47 Å². The van der Waals surface area contributed by atoms with Crippen LogP contribution in [-0.2, 0) is 14.9 Å². The van der Waals surface area contributed by atoms with Gasteiger partial charge in [-0.25, -0.2) is 9.59 Å². The number of carbonyl (C=O) groups is 2. The normalized spacial score (nSPS) is 11.0. The van der Waals surface area contributed by atoms with Crippen LogP contribution in [0.4, 0.5) is 0 Å². The van der Waals surface area contributed by atoms with E-state index in [1.54, 1.807) is 24.4 Å². The van der Waals surface area contributed by atoms with E-state index in [2.05, 4.69) is 25.8 Å². The van der Waals surface area contributed by atoms with E-state index in [0.29, 0.717) is 11.1 Å². The third-order valence-electron chi connectivity index (χ3n) is 3.72. The van der Waals surface area contributed by atoms with E-state index in [9.17, 15) is 9.59 Å². The van der Waals surface area contributed by atoms with Gasteiger partial charge in [-0.1, -0.05) is 26.8 Å². The monoisotopic (exact) mass is 341 g/mol. The number of nitrogens with zero attached hydrogens (tertiary/aromatic N) is 1. The van der Waals surface area contributed by atoms with Crippen LogP contribution in [0.1, 0.15) is 52.6 Å². The van der Waals surface area contributed by atoms with E-state index in [1.165, 1.54) is 11.8 Å². The summed E-state index contributed by atoms with van der Waals surface area (Å²) in [5, 5.41) is 0. The Morgan fingerprint density at radius 3 is 2.16 bits per heavy atom. The predicted molar refractivity (Wildman–Crippen MR) is 94.7 cm³/mol. The summed E-state index contributed by atoms with van der Waals surface area (Å²) in [6, 6.07) is 8.80. The number of esters is 2. The van der Waals surface area contributed by atoms with Crippen molar-refractivity contribution in [3.05, 3.63) is 65.0 Å². The molecule has 1 aromatic carbocycles. The molecule has 0 fully saturated rings. The van der Waals surface area contributed by atoms with E-state index in [4.69, 9.17) is 9.47 Å². The second-order valence-corrected chi connectivity index (χ2v) is 6.79. The molecule has 0 saturated heterocycles. The summed E-state index contributed by atoms with van der Waals surface area (Å²) < 4.78 is 10.2. The molecule has 132 valence electrons. The summed E-state index contributed by atoms with van der Waals surface area (Å²) in [7, 11) is 0. The van der Waals surface area contributed by atoms with Crippen LogP contribution in [0.5, 0.6) is 0 Å². The van der Waals surface area contributed by atoms with Crippen molar-refractivity contribution in [2.75, 3.05) is 13.2 Å². The number of carbonyl (C=O) groups excluding carboxylic acids is 2. The highest BCUT2D eigenvalue weighted by atomic mass is 16.6. The van der Waals surface area contributed by atoms with Crippen molar-refractivity contribution in [3.63, 3.8) is 0 Å². The molecule has 0 bridgehead atoms. The Labute approximate surface area is 148 Å². The highest BCUT2D eigenvalue weighted by molar-refractivity contribution is 5.90. The van der Waals surface area contributed by atoms with E-state index in [0.717, 1.165) is 5.56 Å². The van der Waals surface area contributed by atoms with Crippen molar-refractivity contribution in [1.29, 1.82) is 0 Å². The van der Waals surface area contributed by atoms with Gasteiger partial charge in [-0.15, -0.1) is 0 Å². The minimum atomic E-state index is -0.491. The first-order valence-corrected chi connectivity index (χ1v) is 8.14. The van der Waals surface area contributed by atoms with E-state index in [1.807, 2.05) is 19.1 Å². The first-order chi connectivity index (χ1) is 11.8. The molecule has 2 rings (SSSR count). The molecular weight excluding hydrogens is 318 g/mol. The summed E-state index contributed by atoms with van der Waals surface area (Å²) in [6.07, 6.45) is 3.00. The number of aryl methyl sites for hydroxylation is 1. The standard InChI is InChI=1S/C20H23NO4/c1-14-12-15(7-8-17(14)20(2,3)4)18(22)24-10-11-25-19(23)16-6-5-9-21-13-16/h5-9,12-13H,10-11H2,1-4H3. The van der Waals surface area contributed by atoms with Crippen LogP contribution < -0.4 is 0 Å². The van der Waals surface area contributed by atoms with Gasteiger partial charge in [0.1, 0.15) is 13.2 Å². The molecule has 0 aliphatic rings. The smallest absolute Gasteiger partial charge is 0.339 e. The fourth-order valence-electron chi connectivity index (χ4n) is 2.55. The summed E-state index contributed by atoms with van der Waals surface area (Å²) in [5.74, 6) is -0.921. The highest BCUT2D eigenvalue weighted by Gasteiger charge is 2.18. The molecule has 0 radical (unpaired) electrons. The average Bonchev–Trinajstić information content (AvgIpc) is 2.57. The molecule has 1 heterocycles. The Morgan fingerprint density at radius 1 is 1.00 bits per heavy atom. The maximum Gasteiger partial charge on any atom is 0.339 e. The first-order valence-electron chi connectivity index (χ1n) is 8.14. The number of aromatic nitrogens is 1. The van der Waals surface area contributed by atoms with Crippen LogP contribution in [0, 0.1) is 6.92 Å². The molecule has 0 aliphatic carbocycles. The number of hydrogen-bond acceptors (Lipinski definition) is 5. The molecule has 5 heteroatoms. The van der Waals surface area contributed by atoms with Gasteiger partial charge in [-0.2, -0.15) is 0 Å². The number of ether oxygens (including phenoxy) is 2. The predicted octanol–water partition coefficient (Wildman–Crippen LogP) is 3.70. The molecular formula is C20H23NO4. The van der Waals surface area contributed by atoms with Crippen molar-refractivity contribution < 1.29 is 19.1 Å². The summed E-state index contributed by atoms with van der Waals surface area (Å²) in [5.41, 5.74) is 3.11. The third-order valence-corrected chi connectivity index (χ3v) is 3.72. The maximum atomic E-state index is 12.1. The van der Waals surface area contributed by atoms with Crippen LogP contribution in [0.2, 0.25) is 0 Å². The largest absolute Gasteiger partial charge is 0.458 e. The van der Waals surface area contributed by atoms with Crippen molar-refractivity contribution in [2.24, 2.45) is 0 Å². The minimum Gasteiger partial charge on any atom is -0.458 e. The second kappa shape index (κ2) is 7.92. The van der Waals surface area contributed by atoms with Gasteiger partial charge in [0.15, 0.2) is 0 Å². The molecule has 5 nitrogen and oxygen atoms in total. The Morgan fingerprint density at radius 2 is 1.64 bits per heavy atom. The molecule has 0 amide bonds. The Balaban J connectivity index is 1.85. The number of rotatable bonds is 5. The van der Waals surface area contributed by atoms with Gasteiger partial charge >= 0.3 is 11.9 Å². The van der Waals surface area contributed by atoms with E-state index in [-0.39, 0.29) is 18.6 Å². The van der Waals surface area contributed by atoms with Crippen LogP contribution in [0.25, 0.3) is 0 Å². The lowest BCUT2D eigenvalue weighted by molar-refractivity contribution is 0.0265. The van der Waals surface area contributed by atoms with Crippen LogP contribution in [-0.4, -0.2) is 30.1 Å². The molecule has 0 N–H and O–H groups in total. The van der Waals surface area contributed by atoms with Crippen molar-refractivity contribution in [2.45, 2.75) is 33.1 Å². The fraction of sp³-hybridized carbons (Fsp3) is 0.350. The average molecular weight is 341 g/mol. The molecule has 2 aromatic rings. The van der Waals surface area contributed by atoms with Crippen LogP contribution in [0.15, 0.2) is 42.7 Å². The van der Waals surface area contributed by atoms with Crippen molar-refractivity contribution >= 4 is 11.9 Å². The fourth-order valence-corrected chi connectivity index (χ4v) is 2.55. The lowest BCUT2D eigenvalue weighted by Gasteiger charge is -2.22. The molecule has 0 atom stereocenters. The van der Waals surface area contributed by atoms with E-state index < -0.39 is 11.9 Å². The topological polar surface area (TPSA) is 65.5 Å². The zero-order valence-electron chi connectivity index (χ0n) is 15.0. The van der Waals surface area contributed by atoms with Crippen molar-refractivity contribution in [3.8, 4) is 0 Å². The van der Waals surface area contributed by atoms with Gasteiger partial charge in [-0.05, 0) is 47.7 Å². The lowest BCUT2D eigenvalue weighted by Crippen LogP contribution is -2.16. The Hall–Kier alpha value is -2.69. The zero-order valence-corrected chi connectivity index (χ0v) is 15.0. The molecule has 0 saturated carbocycles. The minimum absolute atomic E-state index is 0.00146. The summed E-state index contributed by atoms with van der Waals surface area (Å²) >= 11 is 0. The van der Waals surface area contributed by atoms with E-state index >= 15 is 0 Å². The summed E-state index contributed by atoms with van der Waals surface area (Å²) in [6.45, 7) is 8.37. The molecule has 1 aromatic heterocycles. The molecule has 0 aliphatic heterocycles. The van der Waals surface area contributed by atoms with Gasteiger partial charge in [0.05, 0.1) is 11.1 Å². The lowest BCUT2D eigenvalue weighted by atomic mass is 9.83. The van der Waals surface area contributed by atoms with Gasteiger partial charge in [0, 0.05) is 12.4 Å². The molecule has 25 heavy (non-hydrogen) atoms. The number of pyridine rings is 1. The second-order valence-electron chi connectivity index (χ2n) is 6.79. The number of hydrogen-bond donors (Lipinski definition) is 0. The number of benzene rings is 1. The van der Waals surface area contributed by atoms with Gasteiger partial charge in [0.25, 0.3) is 0 Å². The maximum absolute atomic E-state index is 12.1. The SMILES string of the molecule is Cc1cc(C(=O)OCCOC(=O)c2cccnc2)ccc1C(C)(C)C. The Kier molecular flexibility index (Phi) is 5.91. The third kappa shape index (κ3) is 5.14. The van der Waals surface area contributed by atoms with Gasteiger partial charge in [-0.3, -0.25) is 4.98 Å². The van der Waals surface area contributed by atoms with Crippen molar-refractivity contribution in [1.82, 2.24) is 4.98 Å². The van der Waals surface area contributed by atoms with Crippen LogP contribution in [0.3, 0.4) is 0 Å². The molecule has 0 unspecified atom stereocenters.